The molecule has 1 unspecified atom stereocenters. The second-order valence-electron chi connectivity index (χ2n) is 4.11. The van der Waals surface area contributed by atoms with Crippen LogP contribution in [0.5, 0.6) is 0 Å². The molecule has 112 valence electrons. The summed E-state index contributed by atoms with van der Waals surface area (Å²) < 4.78 is 23.1. The van der Waals surface area contributed by atoms with E-state index in [2.05, 4.69) is 0 Å². The van der Waals surface area contributed by atoms with Crippen molar-refractivity contribution in [2.24, 2.45) is 11.5 Å². The molecule has 7 heteroatoms. The molecule has 0 amide bonds. The largest absolute Gasteiger partial charge is 0.464 e. The van der Waals surface area contributed by atoms with Crippen molar-refractivity contribution >= 4 is 18.6 Å². The quantitative estimate of drug-likeness (QED) is 0.507. The van der Waals surface area contributed by atoms with Crippen molar-refractivity contribution in [2.45, 2.75) is 6.42 Å². The zero-order valence-electron chi connectivity index (χ0n) is 11.4. The van der Waals surface area contributed by atoms with Gasteiger partial charge in [-0.1, -0.05) is 18.2 Å². The van der Waals surface area contributed by atoms with E-state index >= 15 is 0 Å². The van der Waals surface area contributed by atoms with Crippen molar-refractivity contribution in [2.75, 3.05) is 32.5 Å². The molecule has 0 heterocycles. The third-order valence-electron chi connectivity index (χ3n) is 2.56. The Kier molecular flexibility index (Phi) is 7.47. The first-order valence-corrected chi connectivity index (χ1v) is 8.28. The molecule has 4 N–H and O–H groups in total. The Hall–Kier alpha value is -1.20. The van der Waals surface area contributed by atoms with Gasteiger partial charge in [0.2, 0.25) is 7.37 Å². The van der Waals surface area contributed by atoms with E-state index in [1.165, 1.54) is 0 Å². The third-order valence-corrected chi connectivity index (χ3v) is 5.06. The lowest BCUT2D eigenvalue weighted by Gasteiger charge is -2.18. The van der Waals surface area contributed by atoms with Crippen LogP contribution in [0.4, 0.5) is 0 Å². The van der Waals surface area contributed by atoms with Crippen molar-refractivity contribution in [3.05, 3.63) is 30.3 Å². The van der Waals surface area contributed by atoms with Gasteiger partial charge in [-0.15, -0.1) is 0 Å². The number of nitrogens with two attached hydrogens (primary N) is 2. The zero-order valence-corrected chi connectivity index (χ0v) is 12.3. The second kappa shape index (κ2) is 8.87. The van der Waals surface area contributed by atoms with Crippen molar-refractivity contribution in [3.63, 3.8) is 0 Å². The first-order chi connectivity index (χ1) is 9.62. The number of benzene rings is 1. The molecular weight excluding hydrogens is 279 g/mol. The van der Waals surface area contributed by atoms with Crippen LogP contribution in [0, 0.1) is 0 Å². The molecule has 0 saturated carbocycles. The van der Waals surface area contributed by atoms with Crippen molar-refractivity contribution in [1.82, 2.24) is 0 Å². The van der Waals surface area contributed by atoms with E-state index in [0.29, 0.717) is 5.30 Å². The Balaban J connectivity index is 2.69. The summed E-state index contributed by atoms with van der Waals surface area (Å²) in [6, 6.07) is 8.83. The van der Waals surface area contributed by atoms with E-state index in [9.17, 15) is 9.36 Å². The smallest absolute Gasteiger partial charge is 0.306 e. The highest BCUT2D eigenvalue weighted by Gasteiger charge is 2.26. The van der Waals surface area contributed by atoms with Gasteiger partial charge in [0.15, 0.2) is 0 Å². The number of esters is 1. The van der Waals surface area contributed by atoms with Gasteiger partial charge in [0.1, 0.15) is 6.61 Å². The van der Waals surface area contributed by atoms with Crippen LogP contribution in [0.1, 0.15) is 6.42 Å². The van der Waals surface area contributed by atoms with Crippen LogP contribution in [-0.4, -0.2) is 38.4 Å². The standard InChI is InChI=1S/C13H21N2O4P/c14-7-9-18-13(16)6-11-20(17,19-10-8-15)12-4-2-1-3-5-12/h1-5H,6-11,14-15H2. The van der Waals surface area contributed by atoms with Gasteiger partial charge in [-0.2, -0.15) is 0 Å². The highest BCUT2D eigenvalue weighted by molar-refractivity contribution is 7.67. The fourth-order valence-corrected chi connectivity index (χ4v) is 3.65. The molecular formula is C13H21N2O4P. The topological polar surface area (TPSA) is 105 Å². The van der Waals surface area contributed by atoms with E-state index < -0.39 is 13.3 Å². The van der Waals surface area contributed by atoms with Gasteiger partial charge in [-0.05, 0) is 12.1 Å². The van der Waals surface area contributed by atoms with Crippen LogP contribution in [0.3, 0.4) is 0 Å². The van der Waals surface area contributed by atoms with Crippen LogP contribution < -0.4 is 16.8 Å². The summed E-state index contributed by atoms with van der Waals surface area (Å²) in [7, 11) is -3.09. The Labute approximate surface area is 118 Å². The van der Waals surface area contributed by atoms with Crippen molar-refractivity contribution < 1.29 is 18.6 Å². The van der Waals surface area contributed by atoms with Crippen LogP contribution >= 0.6 is 7.37 Å². The van der Waals surface area contributed by atoms with Gasteiger partial charge in [-0.3, -0.25) is 9.36 Å². The molecule has 0 fully saturated rings. The van der Waals surface area contributed by atoms with Gasteiger partial charge in [0, 0.05) is 24.6 Å². The van der Waals surface area contributed by atoms with Gasteiger partial charge >= 0.3 is 5.97 Å². The molecule has 0 spiro atoms. The minimum absolute atomic E-state index is 0.0245. The molecule has 6 nitrogen and oxygen atoms in total. The Morgan fingerprint density at radius 2 is 1.75 bits per heavy atom. The van der Waals surface area contributed by atoms with Gasteiger partial charge in [-0.25, -0.2) is 0 Å². The molecule has 1 atom stereocenters. The molecule has 0 aliphatic heterocycles. The molecule has 0 aromatic heterocycles. The summed E-state index contributed by atoms with van der Waals surface area (Å²) in [5.74, 6) is -0.428. The molecule has 1 aromatic carbocycles. The molecule has 1 rings (SSSR count). The minimum atomic E-state index is -3.09. The number of hydrogen-bond acceptors (Lipinski definition) is 6. The molecule has 0 bridgehead atoms. The molecule has 1 aromatic rings. The fraction of sp³-hybridized carbons (Fsp3) is 0.462. The van der Waals surface area contributed by atoms with E-state index in [1.54, 1.807) is 24.3 Å². The predicted molar refractivity (Wildman–Crippen MR) is 78.2 cm³/mol. The lowest BCUT2D eigenvalue weighted by Crippen LogP contribution is -2.18. The first kappa shape index (κ1) is 16.9. The first-order valence-electron chi connectivity index (χ1n) is 6.47. The maximum Gasteiger partial charge on any atom is 0.306 e. The Morgan fingerprint density at radius 3 is 2.35 bits per heavy atom. The monoisotopic (exact) mass is 300 g/mol. The number of carbonyl (C=O) groups excluding carboxylic acids is 1. The Bertz CT molecular complexity index is 453. The zero-order chi connectivity index (χ0) is 14.8. The van der Waals surface area contributed by atoms with Gasteiger partial charge < -0.3 is 20.7 Å². The highest BCUT2D eigenvalue weighted by atomic mass is 31.2. The van der Waals surface area contributed by atoms with E-state index in [1.807, 2.05) is 6.07 Å². The summed E-state index contributed by atoms with van der Waals surface area (Å²) in [6.45, 7) is 0.891. The van der Waals surface area contributed by atoms with Crippen LogP contribution in [0.2, 0.25) is 0 Å². The van der Waals surface area contributed by atoms with Crippen molar-refractivity contribution in [3.8, 4) is 0 Å². The van der Waals surface area contributed by atoms with Gasteiger partial charge in [0.25, 0.3) is 0 Å². The molecule has 0 aliphatic rings. The maximum absolute atomic E-state index is 12.8. The van der Waals surface area contributed by atoms with Crippen LogP contribution in [-0.2, 0) is 18.6 Å². The normalized spacial score (nSPS) is 13.7. The summed E-state index contributed by atoms with van der Waals surface area (Å²) >= 11 is 0. The summed E-state index contributed by atoms with van der Waals surface area (Å²) in [6.07, 6.45) is 0.122. The summed E-state index contributed by atoms with van der Waals surface area (Å²) in [5, 5.41) is 0.583. The highest BCUT2D eigenvalue weighted by Crippen LogP contribution is 2.46. The average Bonchev–Trinajstić information content (AvgIpc) is 2.49. The molecule has 0 saturated heterocycles. The molecule has 0 aliphatic carbocycles. The van der Waals surface area contributed by atoms with Crippen LogP contribution in [0.15, 0.2) is 30.3 Å². The summed E-state index contributed by atoms with van der Waals surface area (Å²) in [4.78, 5) is 11.5. The average molecular weight is 300 g/mol. The second-order valence-corrected chi connectivity index (χ2v) is 6.68. The SMILES string of the molecule is NCCOC(=O)CCP(=O)(OCCN)c1ccccc1. The van der Waals surface area contributed by atoms with E-state index in [0.717, 1.165) is 0 Å². The van der Waals surface area contributed by atoms with Crippen LogP contribution in [0.25, 0.3) is 0 Å². The van der Waals surface area contributed by atoms with Crippen molar-refractivity contribution in [1.29, 1.82) is 0 Å². The fourth-order valence-electron chi connectivity index (χ4n) is 1.61. The maximum atomic E-state index is 12.8. The number of ether oxygens (including phenoxy) is 1. The number of carbonyl (C=O) groups is 1. The number of hydrogen-bond donors (Lipinski definition) is 2. The van der Waals surface area contributed by atoms with E-state index in [4.69, 9.17) is 20.7 Å². The predicted octanol–water partition coefficient (Wildman–Crippen LogP) is 0.457. The Morgan fingerprint density at radius 1 is 1.10 bits per heavy atom. The minimum Gasteiger partial charge on any atom is -0.464 e. The van der Waals surface area contributed by atoms with E-state index in [-0.39, 0.29) is 38.9 Å². The lowest BCUT2D eigenvalue weighted by atomic mass is 10.4. The molecule has 0 radical (unpaired) electrons. The number of rotatable bonds is 9. The third kappa shape index (κ3) is 5.43. The summed E-state index contributed by atoms with van der Waals surface area (Å²) in [5.41, 5.74) is 10.6. The van der Waals surface area contributed by atoms with Gasteiger partial charge in [0.05, 0.1) is 13.0 Å². The molecule has 20 heavy (non-hydrogen) atoms. The lowest BCUT2D eigenvalue weighted by molar-refractivity contribution is -0.142.